The molecule has 0 aliphatic rings. The summed E-state index contributed by atoms with van der Waals surface area (Å²) in [6.45, 7) is 0.410. The number of nitrogens with two attached hydrogens (primary N) is 1. The number of hydrogen-bond donors (Lipinski definition) is 1. The first-order valence-corrected chi connectivity index (χ1v) is 5.81. The van der Waals surface area contributed by atoms with Crippen LogP contribution in [0.1, 0.15) is 5.56 Å². The van der Waals surface area contributed by atoms with Crippen molar-refractivity contribution in [3.8, 4) is 11.3 Å². The van der Waals surface area contributed by atoms with Crippen molar-refractivity contribution in [3.05, 3.63) is 59.9 Å². The highest BCUT2D eigenvalue weighted by atomic mass is 19.2. The molecule has 2 aromatic heterocycles. The summed E-state index contributed by atoms with van der Waals surface area (Å²) < 4.78 is 28.7. The lowest BCUT2D eigenvalue weighted by Gasteiger charge is -1.98. The molecule has 0 fully saturated rings. The molecule has 0 atom stereocenters. The molecule has 2 N–H and O–H groups in total. The van der Waals surface area contributed by atoms with E-state index in [2.05, 4.69) is 4.98 Å². The molecule has 0 saturated heterocycles. The molecule has 96 valence electrons. The zero-order chi connectivity index (χ0) is 13.4. The van der Waals surface area contributed by atoms with Crippen LogP contribution >= 0.6 is 0 Å². The lowest BCUT2D eigenvalue weighted by molar-refractivity contribution is 0.511. The van der Waals surface area contributed by atoms with E-state index in [9.17, 15) is 8.78 Å². The largest absolute Gasteiger partial charge is 0.326 e. The average Bonchev–Trinajstić information content (AvgIpc) is 2.84. The van der Waals surface area contributed by atoms with E-state index < -0.39 is 11.6 Å². The van der Waals surface area contributed by atoms with Gasteiger partial charge in [-0.05, 0) is 29.8 Å². The van der Waals surface area contributed by atoms with Crippen molar-refractivity contribution < 1.29 is 8.78 Å². The van der Waals surface area contributed by atoms with Crippen LogP contribution in [0.3, 0.4) is 0 Å². The Labute approximate surface area is 108 Å². The van der Waals surface area contributed by atoms with Crippen LogP contribution in [-0.4, -0.2) is 9.38 Å². The van der Waals surface area contributed by atoms with Gasteiger partial charge in [-0.2, -0.15) is 0 Å². The van der Waals surface area contributed by atoms with Gasteiger partial charge in [-0.15, -0.1) is 0 Å². The van der Waals surface area contributed by atoms with Crippen LogP contribution in [0, 0.1) is 11.6 Å². The van der Waals surface area contributed by atoms with Crippen molar-refractivity contribution in [3.63, 3.8) is 0 Å². The van der Waals surface area contributed by atoms with Crippen molar-refractivity contribution in [2.24, 2.45) is 5.73 Å². The Kier molecular flexibility index (Phi) is 2.76. The Balaban J connectivity index is 2.18. The number of pyridine rings is 1. The van der Waals surface area contributed by atoms with Crippen LogP contribution in [0.15, 0.2) is 42.7 Å². The fourth-order valence-corrected chi connectivity index (χ4v) is 1.98. The Morgan fingerprint density at radius 1 is 1.21 bits per heavy atom. The molecule has 0 aliphatic carbocycles. The number of halogens is 2. The Bertz CT molecular complexity index is 750. The molecule has 3 rings (SSSR count). The molecular weight excluding hydrogens is 248 g/mol. The van der Waals surface area contributed by atoms with Gasteiger partial charge in [0.25, 0.3) is 0 Å². The molecular formula is C14H11F2N3. The van der Waals surface area contributed by atoms with Crippen LogP contribution in [0.2, 0.25) is 0 Å². The summed E-state index contributed by atoms with van der Waals surface area (Å²) in [4.78, 5) is 4.29. The minimum atomic E-state index is -0.884. The standard InChI is InChI=1S/C14H11F2N3/c15-11-3-1-2-10(14(11)16)12-8-19-5-4-9(7-17)6-13(19)18-12/h1-6,8H,7,17H2. The molecule has 0 bridgehead atoms. The van der Waals surface area contributed by atoms with Gasteiger partial charge in [0.15, 0.2) is 11.6 Å². The van der Waals surface area contributed by atoms with E-state index in [1.807, 2.05) is 12.1 Å². The van der Waals surface area contributed by atoms with Crippen molar-refractivity contribution in [1.82, 2.24) is 9.38 Å². The summed E-state index contributed by atoms with van der Waals surface area (Å²) in [5, 5.41) is 0. The fraction of sp³-hybridized carbons (Fsp3) is 0.0714. The average molecular weight is 259 g/mol. The number of aromatic nitrogens is 2. The number of imidazole rings is 1. The lowest BCUT2D eigenvalue weighted by Crippen LogP contribution is -1.96. The highest BCUT2D eigenvalue weighted by Gasteiger charge is 2.12. The third kappa shape index (κ3) is 1.98. The first-order chi connectivity index (χ1) is 9.19. The second-order valence-corrected chi connectivity index (χ2v) is 4.23. The molecule has 0 unspecified atom stereocenters. The topological polar surface area (TPSA) is 43.3 Å². The number of hydrogen-bond acceptors (Lipinski definition) is 2. The van der Waals surface area contributed by atoms with Crippen LogP contribution in [0.5, 0.6) is 0 Å². The maximum Gasteiger partial charge on any atom is 0.168 e. The predicted molar refractivity (Wildman–Crippen MR) is 68.4 cm³/mol. The molecule has 3 aromatic rings. The monoisotopic (exact) mass is 259 g/mol. The molecule has 0 aliphatic heterocycles. The molecule has 1 aromatic carbocycles. The summed E-state index contributed by atoms with van der Waals surface area (Å²) >= 11 is 0. The molecule has 5 heteroatoms. The molecule has 19 heavy (non-hydrogen) atoms. The molecule has 2 heterocycles. The minimum Gasteiger partial charge on any atom is -0.326 e. The Morgan fingerprint density at radius 2 is 2.05 bits per heavy atom. The van der Waals surface area contributed by atoms with E-state index in [4.69, 9.17) is 5.73 Å². The van der Waals surface area contributed by atoms with Gasteiger partial charge in [0, 0.05) is 24.5 Å². The number of benzene rings is 1. The van der Waals surface area contributed by atoms with Gasteiger partial charge in [0.1, 0.15) is 5.65 Å². The highest BCUT2D eigenvalue weighted by molar-refractivity contribution is 5.63. The zero-order valence-corrected chi connectivity index (χ0v) is 9.98. The maximum absolute atomic E-state index is 13.7. The van der Waals surface area contributed by atoms with E-state index in [0.29, 0.717) is 17.9 Å². The van der Waals surface area contributed by atoms with E-state index in [1.165, 1.54) is 12.1 Å². The van der Waals surface area contributed by atoms with Gasteiger partial charge >= 0.3 is 0 Å². The van der Waals surface area contributed by atoms with Crippen molar-refractivity contribution in [2.75, 3.05) is 0 Å². The second kappa shape index (κ2) is 4.44. The van der Waals surface area contributed by atoms with Crippen molar-refractivity contribution in [2.45, 2.75) is 6.54 Å². The molecule has 0 spiro atoms. The molecule has 3 nitrogen and oxygen atoms in total. The molecule has 0 radical (unpaired) electrons. The van der Waals surface area contributed by atoms with E-state index >= 15 is 0 Å². The summed E-state index contributed by atoms with van der Waals surface area (Å²) in [6, 6.07) is 7.73. The van der Waals surface area contributed by atoms with E-state index in [1.54, 1.807) is 16.8 Å². The number of fused-ring (bicyclic) bond motifs is 1. The smallest absolute Gasteiger partial charge is 0.168 e. The quantitative estimate of drug-likeness (QED) is 0.769. The van der Waals surface area contributed by atoms with Gasteiger partial charge in [0.05, 0.1) is 5.69 Å². The molecule has 0 saturated carbocycles. The van der Waals surface area contributed by atoms with E-state index in [0.717, 1.165) is 11.6 Å². The number of rotatable bonds is 2. The van der Waals surface area contributed by atoms with E-state index in [-0.39, 0.29) is 5.56 Å². The van der Waals surface area contributed by atoms with Crippen LogP contribution in [0.25, 0.3) is 16.9 Å². The summed E-state index contributed by atoms with van der Waals surface area (Å²) in [5.41, 5.74) is 7.69. The third-order valence-corrected chi connectivity index (χ3v) is 2.99. The Hall–Kier alpha value is -2.27. The minimum absolute atomic E-state index is 0.151. The van der Waals surface area contributed by atoms with Gasteiger partial charge in [0.2, 0.25) is 0 Å². The van der Waals surface area contributed by atoms with Gasteiger partial charge in [-0.1, -0.05) is 6.07 Å². The van der Waals surface area contributed by atoms with Crippen molar-refractivity contribution in [1.29, 1.82) is 0 Å². The summed E-state index contributed by atoms with van der Waals surface area (Å²) in [7, 11) is 0. The second-order valence-electron chi connectivity index (χ2n) is 4.23. The summed E-state index contributed by atoms with van der Waals surface area (Å²) in [6.07, 6.45) is 3.46. The molecule has 0 amide bonds. The zero-order valence-electron chi connectivity index (χ0n) is 9.98. The van der Waals surface area contributed by atoms with Crippen molar-refractivity contribution >= 4 is 5.65 Å². The Morgan fingerprint density at radius 3 is 2.84 bits per heavy atom. The predicted octanol–water partition coefficient (Wildman–Crippen LogP) is 2.74. The van der Waals surface area contributed by atoms with Gasteiger partial charge in [-0.3, -0.25) is 0 Å². The van der Waals surface area contributed by atoms with Gasteiger partial charge in [-0.25, -0.2) is 13.8 Å². The van der Waals surface area contributed by atoms with Gasteiger partial charge < -0.3 is 10.1 Å². The lowest BCUT2D eigenvalue weighted by atomic mass is 10.1. The normalized spacial score (nSPS) is 11.1. The maximum atomic E-state index is 13.7. The highest BCUT2D eigenvalue weighted by Crippen LogP contribution is 2.24. The first-order valence-electron chi connectivity index (χ1n) is 5.81. The fourth-order valence-electron chi connectivity index (χ4n) is 1.98. The SMILES string of the molecule is NCc1ccn2cc(-c3cccc(F)c3F)nc2c1. The van der Waals surface area contributed by atoms with Crippen LogP contribution in [-0.2, 0) is 6.54 Å². The van der Waals surface area contributed by atoms with Crippen LogP contribution in [0.4, 0.5) is 8.78 Å². The van der Waals surface area contributed by atoms with Crippen LogP contribution < -0.4 is 5.73 Å². The number of nitrogens with zero attached hydrogens (tertiary/aromatic N) is 2. The first kappa shape index (κ1) is 11.8. The third-order valence-electron chi connectivity index (χ3n) is 2.99. The summed E-state index contributed by atoms with van der Waals surface area (Å²) in [5.74, 6) is -1.76.